The molecule has 1 aliphatic carbocycles. The molecule has 1 saturated carbocycles. The number of rotatable bonds is 3. The maximum absolute atomic E-state index is 3.72. The monoisotopic (exact) mass is 301 g/mol. The molecular weight excluding hydrogens is 282 g/mol. The second-order valence-corrected chi connectivity index (χ2v) is 7.03. The Morgan fingerprint density at radius 1 is 1.44 bits per heavy atom. The molecule has 1 nitrogen and oxygen atoms in total. The highest BCUT2D eigenvalue weighted by Crippen LogP contribution is 2.29. The van der Waals surface area contributed by atoms with E-state index in [-0.39, 0.29) is 0 Å². The first-order chi connectivity index (χ1) is 7.65. The van der Waals surface area contributed by atoms with Gasteiger partial charge in [-0.25, -0.2) is 0 Å². The van der Waals surface area contributed by atoms with Crippen LogP contribution in [0.4, 0.5) is 0 Å². The normalized spacial score (nSPS) is 30.6. The number of thiophene rings is 1. The van der Waals surface area contributed by atoms with Crippen molar-refractivity contribution in [3.63, 3.8) is 0 Å². The van der Waals surface area contributed by atoms with E-state index < -0.39 is 0 Å². The van der Waals surface area contributed by atoms with Crippen molar-refractivity contribution in [1.29, 1.82) is 0 Å². The molecule has 3 heteroatoms. The summed E-state index contributed by atoms with van der Waals surface area (Å²) in [4.78, 5) is 1.43. The topological polar surface area (TPSA) is 12.0 Å². The van der Waals surface area contributed by atoms with Gasteiger partial charge >= 0.3 is 0 Å². The quantitative estimate of drug-likeness (QED) is 0.871. The van der Waals surface area contributed by atoms with Gasteiger partial charge in [-0.2, -0.15) is 0 Å². The second kappa shape index (κ2) is 5.65. The number of hydrogen-bond acceptors (Lipinski definition) is 2. The largest absolute Gasteiger partial charge is 0.309 e. The summed E-state index contributed by atoms with van der Waals surface area (Å²) in [7, 11) is 0. The molecule has 0 bridgehead atoms. The van der Waals surface area contributed by atoms with Crippen LogP contribution in [-0.2, 0) is 6.54 Å². The fourth-order valence-corrected chi connectivity index (χ4v) is 3.90. The highest BCUT2D eigenvalue weighted by Gasteiger charge is 2.24. The lowest BCUT2D eigenvalue weighted by molar-refractivity contribution is 0.228. The fourth-order valence-electron chi connectivity index (χ4n) is 2.49. The van der Waals surface area contributed by atoms with Gasteiger partial charge in [0.15, 0.2) is 0 Å². The molecule has 0 amide bonds. The van der Waals surface area contributed by atoms with Gasteiger partial charge in [-0.3, -0.25) is 0 Å². The second-order valence-electron chi connectivity index (χ2n) is 5.11. The molecule has 90 valence electrons. The van der Waals surface area contributed by atoms with E-state index in [1.807, 2.05) is 11.3 Å². The highest BCUT2D eigenvalue weighted by atomic mass is 79.9. The average Bonchev–Trinajstić information content (AvgIpc) is 2.66. The van der Waals surface area contributed by atoms with Gasteiger partial charge in [0.25, 0.3) is 0 Å². The van der Waals surface area contributed by atoms with Crippen LogP contribution < -0.4 is 5.32 Å². The molecule has 3 unspecified atom stereocenters. The Labute approximate surface area is 111 Å². The third-order valence-electron chi connectivity index (χ3n) is 3.62. The Morgan fingerprint density at radius 3 is 2.94 bits per heavy atom. The van der Waals surface area contributed by atoms with Gasteiger partial charge in [-0.1, -0.05) is 20.3 Å². The Balaban J connectivity index is 1.84. The molecular formula is C13H20BrNS. The highest BCUT2D eigenvalue weighted by molar-refractivity contribution is 9.10. The maximum atomic E-state index is 3.72. The molecule has 1 N–H and O–H groups in total. The zero-order valence-electron chi connectivity index (χ0n) is 10.0. The molecule has 1 heterocycles. The summed E-state index contributed by atoms with van der Waals surface area (Å²) in [5.74, 6) is 1.73. The third-order valence-corrected chi connectivity index (χ3v) is 5.32. The van der Waals surface area contributed by atoms with Gasteiger partial charge in [0, 0.05) is 27.3 Å². The summed E-state index contributed by atoms with van der Waals surface area (Å²) in [5, 5.41) is 5.88. The smallest absolute Gasteiger partial charge is 0.0302 e. The van der Waals surface area contributed by atoms with Gasteiger partial charge in [-0.15, -0.1) is 11.3 Å². The van der Waals surface area contributed by atoms with Gasteiger partial charge < -0.3 is 5.32 Å². The van der Waals surface area contributed by atoms with E-state index in [0.29, 0.717) is 6.04 Å². The zero-order valence-corrected chi connectivity index (χ0v) is 12.4. The summed E-state index contributed by atoms with van der Waals surface area (Å²) < 4.78 is 1.21. The van der Waals surface area contributed by atoms with E-state index in [2.05, 4.69) is 46.5 Å². The van der Waals surface area contributed by atoms with Crippen molar-refractivity contribution in [1.82, 2.24) is 5.32 Å². The van der Waals surface area contributed by atoms with Crippen LogP contribution in [0.15, 0.2) is 15.9 Å². The molecule has 0 saturated heterocycles. The molecule has 0 spiro atoms. The van der Waals surface area contributed by atoms with Gasteiger partial charge in [-0.05, 0) is 46.7 Å². The molecule has 0 aliphatic heterocycles. The minimum atomic E-state index is 0.713. The fraction of sp³-hybridized carbons (Fsp3) is 0.692. The molecule has 0 radical (unpaired) electrons. The molecule has 16 heavy (non-hydrogen) atoms. The minimum Gasteiger partial charge on any atom is -0.309 e. The molecule has 3 atom stereocenters. The Bertz CT molecular complexity index is 336. The SMILES string of the molecule is CC1CCC(C)C(NCc2cc(Br)cs2)C1. The summed E-state index contributed by atoms with van der Waals surface area (Å²) in [6.07, 6.45) is 4.13. The van der Waals surface area contributed by atoms with Crippen molar-refractivity contribution in [3.05, 3.63) is 20.8 Å². The van der Waals surface area contributed by atoms with Crippen LogP contribution in [0.5, 0.6) is 0 Å². The summed E-state index contributed by atoms with van der Waals surface area (Å²) in [6.45, 7) is 5.79. The van der Waals surface area contributed by atoms with Crippen LogP contribution >= 0.6 is 27.3 Å². The van der Waals surface area contributed by atoms with Gasteiger partial charge in [0.2, 0.25) is 0 Å². The first kappa shape index (κ1) is 12.6. The Kier molecular flexibility index (Phi) is 4.45. The third kappa shape index (κ3) is 3.31. The minimum absolute atomic E-state index is 0.713. The number of nitrogens with one attached hydrogen (secondary N) is 1. The first-order valence-electron chi connectivity index (χ1n) is 6.11. The van der Waals surface area contributed by atoms with Crippen molar-refractivity contribution in [2.24, 2.45) is 11.8 Å². The van der Waals surface area contributed by atoms with Crippen molar-refractivity contribution >= 4 is 27.3 Å². The number of hydrogen-bond donors (Lipinski definition) is 1. The van der Waals surface area contributed by atoms with Crippen LogP contribution in [0.3, 0.4) is 0 Å². The summed E-state index contributed by atoms with van der Waals surface area (Å²) in [6, 6.07) is 2.93. The van der Waals surface area contributed by atoms with Crippen molar-refractivity contribution in [3.8, 4) is 0 Å². The van der Waals surface area contributed by atoms with Crippen LogP contribution in [0, 0.1) is 11.8 Å². The van der Waals surface area contributed by atoms with E-state index in [1.54, 1.807) is 0 Å². The van der Waals surface area contributed by atoms with E-state index in [9.17, 15) is 0 Å². The van der Waals surface area contributed by atoms with Crippen molar-refractivity contribution in [2.75, 3.05) is 0 Å². The molecule has 1 aromatic rings. The molecule has 1 aliphatic rings. The predicted octanol–water partition coefficient (Wildman–Crippen LogP) is 4.42. The number of halogens is 1. The zero-order chi connectivity index (χ0) is 11.5. The van der Waals surface area contributed by atoms with Crippen LogP contribution in [0.2, 0.25) is 0 Å². The van der Waals surface area contributed by atoms with E-state index in [0.717, 1.165) is 18.4 Å². The molecule has 1 aromatic heterocycles. The molecule has 2 rings (SSSR count). The first-order valence-corrected chi connectivity index (χ1v) is 7.78. The Morgan fingerprint density at radius 2 is 2.25 bits per heavy atom. The predicted molar refractivity (Wildman–Crippen MR) is 74.8 cm³/mol. The maximum Gasteiger partial charge on any atom is 0.0302 e. The van der Waals surface area contributed by atoms with Crippen molar-refractivity contribution in [2.45, 2.75) is 45.7 Å². The Hall–Kier alpha value is 0.140. The average molecular weight is 302 g/mol. The lowest BCUT2D eigenvalue weighted by atomic mass is 9.80. The van der Waals surface area contributed by atoms with Gasteiger partial charge in [0.05, 0.1) is 0 Å². The van der Waals surface area contributed by atoms with E-state index >= 15 is 0 Å². The van der Waals surface area contributed by atoms with Crippen molar-refractivity contribution < 1.29 is 0 Å². The van der Waals surface area contributed by atoms with Crippen LogP contribution in [0.1, 0.15) is 38.0 Å². The summed E-state index contributed by atoms with van der Waals surface area (Å²) in [5.41, 5.74) is 0. The molecule has 0 aromatic carbocycles. The van der Waals surface area contributed by atoms with E-state index in [1.165, 1.54) is 28.6 Å². The van der Waals surface area contributed by atoms with E-state index in [4.69, 9.17) is 0 Å². The van der Waals surface area contributed by atoms with Crippen LogP contribution in [-0.4, -0.2) is 6.04 Å². The molecule has 1 fully saturated rings. The lowest BCUT2D eigenvalue weighted by Gasteiger charge is -2.33. The standard InChI is InChI=1S/C13H20BrNS/c1-9-3-4-10(2)13(5-9)15-7-12-6-11(14)8-16-12/h6,8-10,13,15H,3-5,7H2,1-2H3. The summed E-state index contributed by atoms with van der Waals surface area (Å²) >= 11 is 5.33. The van der Waals surface area contributed by atoms with Crippen LogP contribution in [0.25, 0.3) is 0 Å². The lowest BCUT2D eigenvalue weighted by Crippen LogP contribution is -2.38. The van der Waals surface area contributed by atoms with Gasteiger partial charge in [0.1, 0.15) is 0 Å².